The summed E-state index contributed by atoms with van der Waals surface area (Å²) in [4.78, 5) is 14.8. The van der Waals surface area contributed by atoms with Crippen molar-refractivity contribution in [3.8, 4) is 0 Å². The number of nitrogens with one attached hydrogen (secondary N) is 2. The van der Waals surface area contributed by atoms with Gasteiger partial charge < -0.3 is 9.88 Å². The van der Waals surface area contributed by atoms with Crippen molar-refractivity contribution >= 4 is 21.6 Å². The first kappa shape index (κ1) is 21.2. The Bertz CT molecular complexity index is 1050. The van der Waals surface area contributed by atoms with Crippen molar-refractivity contribution in [3.63, 3.8) is 0 Å². The Kier molecular flexibility index (Phi) is 5.38. The molecule has 158 valence electrons. The van der Waals surface area contributed by atoms with Crippen molar-refractivity contribution in [2.24, 2.45) is 7.05 Å². The van der Waals surface area contributed by atoms with Crippen LogP contribution in [0.5, 0.6) is 0 Å². The van der Waals surface area contributed by atoms with E-state index in [2.05, 4.69) is 10.3 Å². The van der Waals surface area contributed by atoms with E-state index in [0.29, 0.717) is 0 Å². The van der Waals surface area contributed by atoms with E-state index in [9.17, 15) is 35.2 Å². The fourth-order valence-corrected chi connectivity index (χ4v) is 4.18. The van der Waals surface area contributed by atoms with Crippen LogP contribution >= 0.6 is 0 Å². The molecule has 1 amide bonds. The molecule has 1 fully saturated rings. The van der Waals surface area contributed by atoms with E-state index in [1.54, 1.807) is 4.72 Å². The molecule has 1 aliphatic rings. The first-order valence-corrected chi connectivity index (χ1v) is 9.71. The Morgan fingerprint density at radius 1 is 1.38 bits per heavy atom. The average molecular weight is 438 g/mol. The second-order valence-electron chi connectivity index (χ2n) is 6.46. The van der Waals surface area contributed by atoms with Crippen molar-refractivity contribution in [2.75, 3.05) is 5.32 Å². The molecule has 0 aromatic carbocycles. The number of nitrogens with zero attached hydrogens (tertiary/aromatic N) is 2. The molecule has 1 unspecified atom stereocenters. The highest BCUT2D eigenvalue weighted by atomic mass is 32.2. The predicted octanol–water partition coefficient (Wildman–Crippen LogP) is 2.83. The number of aryl methyl sites for hydroxylation is 1. The fraction of sp³-hybridized carbons (Fsp3) is 0.375. The van der Waals surface area contributed by atoms with E-state index in [-0.39, 0.29) is 12.1 Å². The van der Waals surface area contributed by atoms with E-state index in [0.717, 1.165) is 23.0 Å². The minimum absolute atomic E-state index is 0.109. The van der Waals surface area contributed by atoms with Gasteiger partial charge >= 0.3 is 0 Å². The molecule has 2 N–H and O–H groups in total. The van der Waals surface area contributed by atoms with Crippen LogP contribution in [0.1, 0.15) is 35.4 Å². The van der Waals surface area contributed by atoms with E-state index < -0.39 is 62.8 Å². The SMILES string of the molecule is Cn1cc(S(=O)(=O)NC2CCC2(F)F)c(F)c1C(=O)Nc1ccnc(C(F)F)c1. The molecule has 1 aliphatic carbocycles. The van der Waals surface area contributed by atoms with Gasteiger partial charge in [-0.25, -0.2) is 35.1 Å². The largest absolute Gasteiger partial charge is 0.343 e. The van der Waals surface area contributed by atoms with Crippen molar-refractivity contribution in [1.82, 2.24) is 14.3 Å². The first-order chi connectivity index (χ1) is 13.4. The van der Waals surface area contributed by atoms with Gasteiger partial charge in [0.25, 0.3) is 18.3 Å². The van der Waals surface area contributed by atoms with Gasteiger partial charge in [0.15, 0.2) is 5.82 Å². The van der Waals surface area contributed by atoms with Crippen LogP contribution < -0.4 is 10.0 Å². The summed E-state index contributed by atoms with van der Waals surface area (Å²) in [5.41, 5.74) is -1.46. The maximum Gasteiger partial charge on any atom is 0.280 e. The summed E-state index contributed by atoms with van der Waals surface area (Å²) >= 11 is 0. The third-order valence-corrected chi connectivity index (χ3v) is 5.89. The van der Waals surface area contributed by atoms with Crippen LogP contribution in [0.25, 0.3) is 0 Å². The van der Waals surface area contributed by atoms with E-state index >= 15 is 0 Å². The van der Waals surface area contributed by atoms with Gasteiger partial charge in [0, 0.05) is 31.5 Å². The Morgan fingerprint density at radius 3 is 2.62 bits per heavy atom. The number of hydrogen-bond donors (Lipinski definition) is 2. The summed E-state index contributed by atoms with van der Waals surface area (Å²) < 4.78 is 93.9. The lowest BCUT2D eigenvalue weighted by Crippen LogP contribution is -2.54. The molecular weight excluding hydrogens is 423 g/mol. The van der Waals surface area contributed by atoms with Crippen LogP contribution in [0, 0.1) is 5.82 Å². The van der Waals surface area contributed by atoms with E-state index in [1.165, 1.54) is 13.1 Å². The number of carbonyl (C=O) groups excluding carboxylic acids is 1. The molecule has 0 spiro atoms. The third kappa shape index (κ3) is 4.10. The Labute approximate surface area is 162 Å². The summed E-state index contributed by atoms with van der Waals surface area (Å²) in [6.45, 7) is 0. The van der Waals surface area contributed by atoms with Crippen LogP contribution in [0.3, 0.4) is 0 Å². The van der Waals surface area contributed by atoms with Crippen molar-refractivity contribution in [2.45, 2.75) is 36.1 Å². The predicted molar refractivity (Wildman–Crippen MR) is 90.8 cm³/mol. The highest BCUT2D eigenvalue weighted by Crippen LogP contribution is 2.38. The van der Waals surface area contributed by atoms with Gasteiger partial charge in [-0.05, 0) is 18.6 Å². The van der Waals surface area contributed by atoms with Crippen LogP contribution in [-0.4, -0.2) is 35.8 Å². The minimum atomic E-state index is -4.66. The normalized spacial score (nSPS) is 18.5. The Morgan fingerprint density at radius 2 is 2.07 bits per heavy atom. The zero-order chi connectivity index (χ0) is 21.6. The molecule has 0 saturated heterocycles. The number of alkyl halides is 4. The standard InChI is InChI=1S/C16H15F5N4O3S/c1-25-7-10(29(27,28)24-11-2-4-16(11,20)21)12(17)13(25)15(26)23-8-3-5-22-9(6-8)14(18)19/h3,5-7,11,14,24H,2,4H2,1H3,(H,22,23,26). The maximum absolute atomic E-state index is 14.7. The zero-order valence-corrected chi connectivity index (χ0v) is 15.6. The van der Waals surface area contributed by atoms with Crippen LogP contribution in [0.2, 0.25) is 0 Å². The topological polar surface area (TPSA) is 93.1 Å². The molecule has 29 heavy (non-hydrogen) atoms. The summed E-state index contributed by atoms with van der Waals surface area (Å²) in [5.74, 6) is -5.81. The van der Waals surface area contributed by atoms with Gasteiger partial charge in [0.2, 0.25) is 10.0 Å². The minimum Gasteiger partial charge on any atom is -0.343 e. The van der Waals surface area contributed by atoms with Gasteiger partial charge in [-0.15, -0.1) is 0 Å². The Balaban J connectivity index is 1.85. The average Bonchev–Trinajstić information content (AvgIpc) is 2.94. The lowest BCUT2D eigenvalue weighted by molar-refractivity contribution is -0.0979. The van der Waals surface area contributed by atoms with Gasteiger partial charge in [0.05, 0.1) is 6.04 Å². The molecule has 0 bridgehead atoms. The number of amides is 1. The second-order valence-corrected chi connectivity index (χ2v) is 8.15. The van der Waals surface area contributed by atoms with Crippen LogP contribution in [0.15, 0.2) is 29.4 Å². The lowest BCUT2D eigenvalue weighted by Gasteiger charge is -2.36. The number of hydrogen-bond acceptors (Lipinski definition) is 4. The number of halogens is 5. The molecular formula is C16H15F5N4O3S. The smallest absolute Gasteiger partial charge is 0.280 e. The van der Waals surface area contributed by atoms with Crippen molar-refractivity contribution < 1.29 is 35.2 Å². The van der Waals surface area contributed by atoms with E-state index in [1.807, 2.05) is 0 Å². The fourth-order valence-electron chi connectivity index (χ4n) is 2.75. The van der Waals surface area contributed by atoms with Gasteiger partial charge in [-0.1, -0.05) is 0 Å². The third-order valence-electron chi connectivity index (χ3n) is 4.43. The summed E-state index contributed by atoms with van der Waals surface area (Å²) in [7, 11) is -3.49. The lowest BCUT2D eigenvalue weighted by atomic mass is 9.89. The number of anilines is 1. The van der Waals surface area contributed by atoms with Crippen LogP contribution in [0.4, 0.5) is 27.6 Å². The number of pyridine rings is 1. The number of sulfonamides is 1. The summed E-state index contributed by atoms with van der Waals surface area (Å²) in [5, 5.41) is 2.17. The monoisotopic (exact) mass is 438 g/mol. The second kappa shape index (κ2) is 7.37. The first-order valence-electron chi connectivity index (χ1n) is 8.23. The molecule has 2 aromatic rings. The molecule has 0 aliphatic heterocycles. The van der Waals surface area contributed by atoms with Crippen LogP contribution in [-0.2, 0) is 17.1 Å². The summed E-state index contributed by atoms with van der Waals surface area (Å²) in [6, 6.07) is 0.401. The van der Waals surface area contributed by atoms with Crippen molar-refractivity contribution in [1.29, 1.82) is 0 Å². The van der Waals surface area contributed by atoms with Crippen molar-refractivity contribution in [3.05, 3.63) is 41.7 Å². The van der Waals surface area contributed by atoms with Gasteiger partial charge in [-0.2, -0.15) is 0 Å². The van der Waals surface area contributed by atoms with Gasteiger partial charge in [-0.3, -0.25) is 9.78 Å². The summed E-state index contributed by atoms with van der Waals surface area (Å²) in [6.07, 6.45) is -1.72. The quantitative estimate of drug-likeness (QED) is 0.679. The highest BCUT2D eigenvalue weighted by molar-refractivity contribution is 7.89. The molecule has 7 nitrogen and oxygen atoms in total. The molecule has 0 radical (unpaired) electrons. The maximum atomic E-state index is 14.7. The molecule has 13 heteroatoms. The number of carbonyl (C=O) groups is 1. The molecule has 3 rings (SSSR count). The molecule has 1 saturated carbocycles. The Hall–Kier alpha value is -2.54. The number of aromatic nitrogens is 2. The highest BCUT2D eigenvalue weighted by Gasteiger charge is 2.50. The molecule has 1 atom stereocenters. The number of rotatable bonds is 6. The van der Waals surface area contributed by atoms with E-state index in [4.69, 9.17) is 0 Å². The van der Waals surface area contributed by atoms with Gasteiger partial charge in [0.1, 0.15) is 16.3 Å². The molecule has 2 aromatic heterocycles. The zero-order valence-electron chi connectivity index (χ0n) is 14.8. The molecule has 2 heterocycles.